The van der Waals surface area contributed by atoms with E-state index in [0.29, 0.717) is 6.54 Å². The van der Waals surface area contributed by atoms with Crippen LogP contribution in [-0.4, -0.2) is 61.0 Å². The molecule has 1 aliphatic heterocycles. The van der Waals surface area contributed by atoms with Crippen LogP contribution in [0, 0.1) is 0 Å². The minimum absolute atomic E-state index is 0.0710. The van der Waals surface area contributed by atoms with Crippen LogP contribution < -0.4 is 5.32 Å². The molecule has 0 radical (unpaired) electrons. The average molecular weight is 241 g/mol. The summed E-state index contributed by atoms with van der Waals surface area (Å²) in [6, 6.07) is 0. The van der Waals surface area contributed by atoms with Crippen LogP contribution in [0.4, 0.5) is 0 Å². The van der Waals surface area contributed by atoms with Gasteiger partial charge in [0, 0.05) is 31.7 Å². The Morgan fingerprint density at radius 1 is 1.24 bits per heavy atom. The molecule has 0 saturated carbocycles. The fraction of sp³-hybridized carbons (Fsp3) is 0.923. The molecule has 0 aromatic heterocycles. The second-order valence-electron chi connectivity index (χ2n) is 5.76. The van der Waals surface area contributed by atoms with Gasteiger partial charge in [0.05, 0.1) is 6.54 Å². The highest BCUT2D eigenvalue weighted by atomic mass is 16.2. The maximum atomic E-state index is 11.9. The van der Waals surface area contributed by atoms with Crippen molar-refractivity contribution in [1.29, 1.82) is 0 Å². The Hall–Kier alpha value is -0.610. The SMILES string of the molecule is CCCC(C)(C)NC(=O)CN1CCN(C)CC1. The zero-order chi connectivity index (χ0) is 12.9. The molecule has 1 N–H and O–H groups in total. The molecular formula is C13H27N3O. The standard InChI is InChI=1S/C13H27N3O/c1-5-6-13(2,3)14-12(17)11-16-9-7-15(4)8-10-16/h5-11H2,1-4H3,(H,14,17). The van der Waals surface area contributed by atoms with Gasteiger partial charge in [0.25, 0.3) is 0 Å². The number of amides is 1. The van der Waals surface area contributed by atoms with Gasteiger partial charge in [-0.2, -0.15) is 0 Å². The minimum Gasteiger partial charge on any atom is -0.350 e. The molecule has 4 nitrogen and oxygen atoms in total. The smallest absolute Gasteiger partial charge is 0.234 e. The summed E-state index contributed by atoms with van der Waals surface area (Å²) in [7, 11) is 2.13. The number of nitrogens with zero attached hydrogens (tertiary/aromatic N) is 2. The van der Waals surface area contributed by atoms with Crippen molar-refractivity contribution in [2.45, 2.75) is 39.2 Å². The molecule has 0 aliphatic carbocycles. The maximum Gasteiger partial charge on any atom is 0.234 e. The van der Waals surface area contributed by atoms with E-state index in [4.69, 9.17) is 0 Å². The molecule has 1 aliphatic rings. The van der Waals surface area contributed by atoms with Gasteiger partial charge in [0.1, 0.15) is 0 Å². The first-order chi connectivity index (χ1) is 7.93. The number of likely N-dealkylation sites (N-methyl/N-ethyl adjacent to an activating group) is 1. The first-order valence-electron chi connectivity index (χ1n) is 6.65. The summed E-state index contributed by atoms with van der Waals surface area (Å²) in [6.45, 7) is 11.0. The molecule has 100 valence electrons. The monoisotopic (exact) mass is 241 g/mol. The third kappa shape index (κ3) is 5.50. The summed E-state index contributed by atoms with van der Waals surface area (Å²) in [5.74, 6) is 0.160. The van der Waals surface area contributed by atoms with Crippen LogP contribution in [0.1, 0.15) is 33.6 Å². The Kier molecular flexibility index (Phi) is 5.40. The van der Waals surface area contributed by atoms with Crippen molar-refractivity contribution in [3.05, 3.63) is 0 Å². The fourth-order valence-corrected chi connectivity index (χ4v) is 2.31. The first-order valence-corrected chi connectivity index (χ1v) is 6.65. The maximum absolute atomic E-state index is 11.9. The molecule has 1 fully saturated rings. The molecule has 0 bridgehead atoms. The summed E-state index contributed by atoms with van der Waals surface area (Å²) in [5.41, 5.74) is -0.0710. The Morgan fingerprint density at radius 2 is 1.82 bits per heavy atom. The Morgan fingerprint density at radius 3 is 2.35 bits per heavy atom. The van der Waals surface area contributed by atoms with Crippen molar-refractivity contribution in [3.8, 4) is 0 Å². The molecule has 0 atom stereocenters. The lowest BCUT2D eigenvalue weighted by atomic mass is 9.99. The molecule has 0 unspecified atom stereocenters. The largest absolute Gasteiger partial charge is 0.350 e. The topological polar surface area (TPSA) is 35.6 Å². The summed E-state index contributed by atoms with van der Waals surface area (Å²) in [4.78, 5) is 16.5. The second kappa shape index (κ2) is 6.36. The second-order valence-corrected chi connectivity index (χ2v) is 5.76. The van der Waals surface area contributed by atoms with E-state index in [1.807, 2.05) is 0 Å². The zero-order valence-corrected chi connectivity index (χ0v) is 11.8. The van der Waals surface area contributed by atoms with Gasteiger partial charge in [-0.15, -0.1) is 0 Å². The van der Waals surface area contributed by atoms with Crippen molar-refractivity contribution in [1.82, 2.24) is 15.1 Å². The molecule has 0 spiro atoms. The summed E-state index contributed by atoms with van der Waals surface area (Å²) >= 11 is 0. The summed E-state index contributed by atoms with van der Waals surface area (Å²) < 4.78 is 0. The van der Waals surface area contributed by atoms with E-state index in [1.165, 1.54) is 0 Å². The molecule has 17 heavy (non-hydrogen) atoms. The van der Waals surface area contributed by atoms with Gasteiger partial charge in [-0.05, 0) is 27.3 Å². The van der Waals surface area contributed by atoms with E-state index in [9.17, 15) is 4.79 Å². The van der Waals surface area contributed by atoms with Crippen LogP contribution in [0.15, 0.2) is 0 Å². The number of carbonyl (C=O) groups is 1. The van der Waals surface area contributed by atoms with Gasteiger partial charge in [-0.25, -0.2) is 0 Å². The molecule has 4 heteroatoms. The Bertz CT molecular complexity index is 245. The van der Waals surface area contributed by atoms with Gasteiger partial charge in [-0.1, -0.05) is 13.3 Å². The van der Waals surface area contributed by atoms with Gasteiger partial charge in [0.2, 0.25) is 5.91 Å². The van der Waals surface area contributed by atoms with Crippen LogP contribution in [-0.2, 0) is 4.79 Å². The van der Waals surface area contributed by atoms with Gasteiger partial charge in [0.15, 0.2) is 0 Å². The highest BCUT2D eigenvalue weighted by molar-refractivity contribution is 5.78. The number of piperazine rings is 1. The minimum atomic E-state index is -0.0710. The number of hydrogen-bond donors (Lipinski definition) is 1. The van der Waals surface area contributed by atoms with Crippen molar-refractivity contribution < 1.29 is 4.79 Å². The van der Waals surface area contributed by atoms with Crippen molar-refractivity contribution in [2.24, 2.45) is 0 Å². The zero-order valence-electron chi connectivity index (χ0n) is 11.8. The van der Waals surface area contributed by atoms with E-state index in [0.717, 1.165) is 39.0 Å². The predicted molar refractivity (Wildman–Crippen MR) is 71.1 cm³/mol. The molecule has 0 aromatic rings. The van der Waals surface area contributed by atoms with Gasteiger partial charge in [-0.3, -0.25) is 9.69 Å². The molecule has 1 heterocycles. The third-order valence-electron chi connectivity index (χ3n) is 3.32. The van der Waals surface area contributed by atoms with E-state index >= 15 is 0 Å². The highest BCUT2D eigenvalue weighted by Gasteiger charge is 2.22. The first kappa shape index (κ1) is 14.5. The van der Waals surface area contributed by atoms with E-state index in [-0.39, 0.29) is 11.4 Å². The fourth-order valence-electron chi connectivity index (χ4n) is 2.31. The lowest BCUT2D eigenvalue weighted by Gasteiger charge is -2.33. The van der Waals surface area contributed by atoms with E-state index in [2.05, 4.69) is 42.9 Å². The lowest BCUT2D eigenvalue weighted by Crippen LogP contribution is -2.51. The number of carbonyl (C=O) groups excluding carboxylic acids is 1. The molecular weight excluding hydrogens is 214 g/mol. The number of nitrogens with one attached hydrogen (secondary N) is 1. The van der Waals surface area contributed by atoms with Crippen LogP contribution in [0.5, 0.6) is 0 Å². The Labute approximate surface area is 105 Å². The summed E-state index contributed by atoms with van der Waals surface area (Å²) in [6.07, 6.45) is 2.13. The van der Waals surface area contributed by atoms with Crippen molar-refractivity contribution in [2.75, 3.05) is 39.8 Å². The van der Waals surface area contributed by atoms with Crippen LogP contribution in [0.2, 0.25) is 0 Å². The molecule has 0 aromatic carbocycles. The number of hydrogen-bond acceptors (Lipinski definition) is 3. The number of rotatable bonds is 5. The molecule has 1 rings (SSSR count). The normalized spacial score (nSPS) is 19.3. The average Bonchev–Trinajstić information content (AvgIpc) is 2.20. The molecule has 1 amide bonds. The quantitative estimate of drug-likeness (QED) is 0.778. The lowest BCUT2D eigenvalue weighted by molar-refractivity contribution is -0.124. The molecule has 1 saturated heterocycles. The van der Waals surface area contributed by atoms with E-state index < -0.39 is 0 Å². The van der Waals surface area contributed by atoms with Crippen LogP contribution in [0.25, 0.3) is 0 Å². The third-order valence-corrected chi connectivity index (χ3v) is 3.32. The summed E-state index contributed by atoms with van der Waals surface area (Å²) in [5, 5.41) is 3.12. The van der Waals surface area contributed by atoms with Crippen LogP contribution in [0.3, 0.4) is 0 Å². The van der Waals surface area contributed by atoms with Gasteiger partial charge < -0.3 is 10.2 Å². The van der Waals surface area contributed by atoms with Gasteiger partial charge >= 0.3 is 0 Å². The Balaban J connectivity index is 2.29. The van der Waals surface area contributed by atoms with Crippen LogP contribution >= 0.6 is 0 Å². The van der Waals surface area contributed by atoms with Crippen molar-refractivity contribution >= 4 is 5.91 Å². The van der Waals surface area contributed by atoms with E-state index in [1.54, 1.807) is 0 Å². The highest BCUT2D eigenvalue weighted by Crippen LogP contribution is 2.10. The predicted octanol–water partition coefficient (Wildman–Crippen LogP) is 0.929. The van der Waals surface area contributed by atoms with Crippen molar-refractivity contribution in [3.63, 3.8) is 0 Å².